The van der Waals surface area contributed by atoms with Crippen molar-refractivity contribution < 1.29 is 37.3 Å². The Labute approximate surface area is 169 Å². The van der Waals surface area contributed by atoms with Crippen molar-refractivity contribution >= 4 is 5.97 Å². The number of hydrogen-bond acceptors (Lipinski definition) is 5. The van der Waals surface area contributed by atoms with Crippen LogP contribution in [0.4, 0.5) is 13.2 Å². The largest absolute Gasteiger partial charge is 0.456 e. The first kappa shape index (κ1) is 22.6. The Bertz CT molecular complexity index is 664. The second-order valence-electron chi connectivity index (χ2n) is 9.47. The number of aliphatic hydroxyl groups is 1. The maximum absolute atomic E-state index is 13.5. The quantitative estimate of drug-likeness (QED) is 0.518. The van der Waals surface area contributed by atoms with E-state index in [9.17, 15) is 23.1 Å². The number of fused-ring (bicyclic) bond motifs is 2. The highest BCUT2D eigenvalue weighted by Gasteiger charge is 2.64. The highest BCUT2D eigenvalue weighted by atomic mass is 19.4. The smallest absolute Gasteiger partial charge is 0.419 e. The van der Waals surface area contributed by atoms with Gasteiger partial charge in [-0.05, 0) is 47.0 Å². The van der Waals surface area contributed by atoms with Crippen molar-refractivity contribution in [2.24, 2.45) is 5.92 Å². The third-order valence-corrected chi connectivity index (χ3v) is 7.08. The molecule has 1 saturated carbocycles. The van der Waals surface area contributed by atoms with Crippen molar-refractivity contribution in [2.75, 3.05) is 0 Å². The first-order valence-corrected chi connectivity index (χ1v) is 10.2. The minimum Gasteiger partial charge on any atom is -0.456 e. The highest BCUT2D eigenvalue weighted by molar-refractivity contribution is 5.87. The summed E-state index contributed by atoms with van der Waals surface area (Å²) in [5, 5.41) is 10.3. The lowest BCUT2D eigenvalue weighted by atomic mass is 9.73. The van der Waals surface area contributed by atoms with E-state index in [1.165, 1.54) is 13.8 Å². The lowest BCUT2D eigenvalue weighted by molar-refractivity contribution is -0.334. The van der Waals surface area contributed by atoms with Crippen molar-refractivity contribution in [1.82, 2.24) is 0 Å². The van der Waals surface area contributed by atoms with Crippen LogP contribution in [0.15, 0.2) is 12.2 Å². The van der Waals surface area contributed by atoms with E-state index < -0.39 is 28.9 Å². The molecule has 8 heteroatoms. The maximum Gasteiger partial charge on any atom is 0.419 e. The van der Waals surface area contributed by atoms with Crippen LogP contribution < -0.4 is 0 Å². The third-order valence-electron chi connectivity index (χ3n) is 7.08. The number of carbonyl (C=O) groups excluding carboxylic acids is 1. The number of halogens is 3. The molecule has 0 aromatic heterocycles. The molecular formula is C21H31F3O5. The van der Waals surface area contributed by atoms with Crippen molar-refractivity contribution in [3.63, 3.8) is 0 Å². The molecule has 166 valence electrons. The fourth-order valence-electron chi connectivity index (χ4n) is 5.00. The van der Waals surface area contributed by atoms with Gasteiger partial charge in [0.25, 0.3) is 0 Å². The molecule has 29 heavy (non-hydrogen) atoms. The van der Waals surface area contributed by atoms with Crippen molar-refractivity contribution in [2.45, 2.75) is 108 Å². The average molecular weight is 420 g/mol. The molecular weight excluding hydrogens is 389 g/mol. The first-order valence-electron chi connectivity index (χ1n) is 10.2. The summed E-state index contributed by atoms with van der Waals surface area (Å²) in [5.41, 5.74) is -5.30. The van der Waals surface area contributed by atoms with Crippen LogP contribution in [0, 0.1) is 5.92 Å². The van der Waals surface area contributed by atoms with Gasteiger partial charge in [-0.15, -0.1) is 0 Å². The minimum atomic E-state index is -4.82. The van der Waals surface area contributed by atoms with Crippen molar-refractivity contribution in [3.05, 3.63) is 12.2 Å². The fourth-order valence-corrected chi connectivity index (χ4v) is 5.00. The van der Waals surface area contributed by atoms with Crippen molar-refractivity contribution in [1.29, 1.82) is 0 Å². The summed E-state index contributed by atoms with van der Waals surface area (Å²) in [4.78, 5) is 11.8. The Hall–Kier alpha value is -1.12. The van der Waals surface area contributed by atoms with Crippen LogP contribution >= 0.6 is 0 Å². The monoisotopic (exact) mass is 420 g/mol. The number of ether oxygens (including phenoxy) is 3. The van der Waals surface area contributed by atoms with E-state index in [4.69, 9.17) is 14.2 Å². The third kappa shape index (κ3) is 3.83. The summed E-state index contributed by atoms with van der Waals surface area (Å²) >= 11 is 0. The van der Waals surface area contributed by atoms with Crippen LogP contribution in [0.1, 0.15) is 66.2 Å². The Morgan fingerprint density at radius 3 is 2.17 bits per heavy atom. The molecule has 1 aliphatic carbocycles. The molecule has 5 unspecified atom stereocenters. The van der Waals surface area contributed by atoms with Crippen LogP contribution in [0.2, 0.25) is 0 Å². The molecule has 3 rings (SSSR count). The van der Waals surface area contributed by atoms with Crippen molar-refractivity contribution in [3.8, 4) is 0 Å². The standard InChI is InChI=1S/C21H31F3O5/c1-12(2)17(25)28-16-11-14-13(10-15(16)27-14)20(8-6-7-9-20)29-18(3,4)19(5,26)21(22,23)24/h13-16,26H,1,6-11H2,2-5H3. The second-order valence-corrected chi connectivity index (χ2v) is 9.47. The molecule has 2 bridgehead atoms. The topological polar surface area (TPSA) is 65.0 Å². The van der Waals surface area contributed by atoms with Gasteiger partial charge in [-0.3, -0.25) is 0 Å². The average Bonchev–Trinajstić information content (AvgIpc) is 3.28. The van der Waals surface area contributed by atoms with Gasteiger partial charge in [0, 0.05) is 17.9 Å². The number of esters is 1. The van der Waals surface area contributed by atoms with E-state index in [1.807, 2.05) is 0 Å². The summed E-state index contributed by atoms with van der Waals surface area (Å²) in [6.07, 6.45) is -1.71. The van der Waals surface area contributed by atoms with Crippen LogP contribution in [0.3, 0.4) is 0 Å². The number of hydrogen-bond donors (Lipinski definition) is 1. The van der Waals surface area contributed by atoms with Crippen LogP contribution in [0.5, 0.6) is 0 Å². The molecule has 0 aromatic rings. The number of carbonyl (C=O) groups is 1. The number of rotatable bonds is 6. The van der Waals surface area contributed by atoms with E-state index in [1.54, 1.807) is 6.92 Å². The van der Waals surface area contributed by atoms with Gasteiger partial charge >= 0.3 is 12.1 Å². The summed E-state index contributed by atoms with van der Waals surface area (Å²) in [6, 6.07) is 0. The zero-order valence-corrected chi connectivity index (χ0v) is 17.5. The molecule has 5 atom stereocenters. The molecule has 0 radical (unpaired) electrons. The van der Waals surface area contributed by atoms with Crippen LogP contribution in [0.25, 0.3) is 0 Å². The Morgan fingerprint density at radius 2 is 1.72 bits per heavy atom. The van der Waals surface area contributed by atoms with Crippen LogP contribution in [-0.2, 0) is 19.0 Å². The molecule has 1 N–H and O–H groups in total. The Morgan fingerprint density at radius 1 is 1.14 bits per heavy atom. The van der Waals surface area contributed by atoms with E-state index in [0.717, 1.165) is 19.8 Å². The molecule has 2 saturated heterocycles. The van der Waals surface area contributed by atoms with Crippen LogP contribution in [-0.4, -0.2) is 52.4 Å². The summed E-state index contributed by atoms with van der Waals surface area (Å²) in [6.45, 7) is 8.52. The molecule has 2 heterocycles. The van der Waals surface area contributed by atoms with E-state index in [-0.39, 0.29) is 24.2 Å². The Kier molecular flexibility index (Phi) is 5.63. The van der Waals surface area contributed by atoms with Gasteiger partial charge < -0.3 is 19.3 Å². The van der Waals surface area contributed by atoms with Gasteiger partial charge in [0.15, 0.2) is 5.60 Å². The molecule has 5 nitrogen and oxygen atoms in total. The normalized spacial score (nSPS) is 33.5. The SMILES string of the molecule is C=C(C)C(=O)OC1CC2OC1CC2C1(OC(C)(C)C(C)(O)C(F)(F)F)CCCC1. The van der Waals surface area contributed by atoms with Gasteiger partial charge in [-0.25, -0.2) is 4.79 Å². The molecule has 2 aliphatic heterocycles. The molecule has 3 fully saturated rings. The van der Waals surface area contributed by atoms with Gasteiger partial charge in [0.05, 0.1) is 17.8 Å². The predicted octanol–water partition coefficient (Wildman–Crippen LogP) is 4.07. The summed E-state index contributed by atoms with van der Waals surface area (Å²) in [7, 11) is 0. The van der Waals surface area contributed by atoms with Gasteiger partial charge in [0.2, 0.25) is 0 Å². The molecule has 3 aliphatic rings. The molecule has 0 spiro atoms. The van der Waals surface area contributed by atoms with E-state index in [0.29, 0.717) is 31.3 Å². The highest BCUT2D eigenvalue weighted by Crippen LogP contribution is 2.55. The lowest BCUT2D eigenvalue weighted by Gasteiger charge is -2.49. The number of alkyl halides is 3. The molecule has 0 amide bonds. The minimum absolute atomic E-state index is 0.0990. The first-order chi connectivity index (χ1) is 13.2. The summed E-state index contributed by atoms with van der Waals surface area (Å²) in [5.74, 6) is -0.560. The predicted molar refractivity (Wildman–Crippen MR) is 99.1 cm³/mol. The Balaban J connectivity index is 1.77. The fraction of sp³-hybridized carbons (Fsp3) is 0.857. The van der Waals surface area contributed by atoms with E-state index in [2.05, 4.69) is 6.58 Å². The van der Waals surface area contributed by atoms with Gasteiger partial charge in [0.1, 0.15) is 11.7 Å². The second kappa shape index (κ2) is 7.24. The maximum atomic E-state index is 13.5. The van der Waals surface area contributed by atoms with E-state index >= 15 is 0 Å². The lowest BCUT2D eigenvalue weighted by Crippen LogP contribution is -2.63. The molecule has 0 aromatic carbocycles. The van der Waals surface area contributed by atoms with Gasteiger partial charge in [-0.2, -0.15) is 13.2 Å². The zero-order valence-electron chi connectivity index (χ0n) is 17.5. The summed E-state index contributed by atoms with van der Waals surface area (Å²) < 4.78 is 58.1. The van der Waals surface area contributed by atoms with Gasteiger partial charge in [-0.1, -0.05) is 19.4 Å². The zero-order chi connectivity index (χ0) is 21.8.